The van der Waals surface area contributed by atoms with Crippen molar-refractivity contribution in [1.82, 2.24) is 15.0 Å². The first-order chi connectivity index (χ1) is 7.36. The first kappa shape index (κ1) is 12.6. The van der Waals surface area contributed by atoms with Crippen molar-refractivity contribution in [1.29, 1.82) is 0 Å². The number of aromatic nitrogens is 3. The van der Waals surface area contributed by atoms with Crippen molar-refractivity contribution >= 4 is 5.97 Å². The molecule has 0 fully saturated rings. The summed E-state index contributed by atoms with van der Waals surface area (Å²) >= 11 is 0. The SMILES string of the molecule is Cc1c(CO)nnn1COC(=O)C(C)(C)C. The van der Waals surface area contributed by atoms with Crippen LogP contribution in [0, 0.1) is 12.3 Å². The number of aliphatic hydroxyl groups is 1. The number of rotatable bonds is 3. The topological polar surface area (TPSA) is 77.2 Å². The number of carbonyl (C=O) groups is 1. The number of ether oxygens (including phenoxy) is 1. The van der Waals surface area contributed by atoms with Crippen molar-refractivity contribution in [3.05, 3.63) is 11.4 Å². The Hall–Kier alpha value is -1.43. The highest BCUT2D eigenvalue weighted by atomic mass is 16.5. The molecule has 0 aliphatic carbocycles. The lowest BCUT2D eigenvalue weighted by atomic mass is 9.98. The molecule has 0 aliphatic rings. The minimum Gasteiger partial charge on any atom is -0.442 e. The summed E-state index contributed by atoms with van der Waals surface area (Å²) in [5.41, 5.74) is 0.657. The summed E-state index contributed by atoms with van der Waals surface area (Å²) in [7, 11) is 0. The molecule has 0 saturated heterocycles. The zero-order chi connectivity index (χ0) is 12.3. The van der Waals surface area contributed by atoms with Crippen LogP contribution < -0.4 is 0 Å². The highest BCUT2D eigenvalue weighted by Crippen LogP contribution is 2.15. The van der Waals surface area contributed by atoms with Crippen LogP contribution in [-0.2, 0) is 22.9 Å². The van der Waals surface area contributed by atoms with Gasteiger partial charge in [-0.1, -0.05) is 5.21 Å². The zero-order valence-corrected chi connectivity index (χ0v) is 10.0. The Morgan fingerprint density at radius 1 is 1.50 bits per heavy atom. The Morgan fingerprint density at radius 2 is 2.12 bits per heavy atom. The van der Waals surface area contributed by atoms with Gasteiger partial charge in [-0.15, -0.1) is 5.10 Å². The van der Waals surface area contributed by atoms with Gasteiger partial charge >= 0.3 is 5.97 Å². The fourth-order valence-electron chi connectivity index (χ4n) is 1.00. The second-order valence-electron chi connectivity index (χ2n) is 4.59. The Morgan fingerprint density at radius 3 is 2.56 bits per heavy atom. The predicted octanol–water partition coefficient (Wildman–Crippen LogP) is 0.626. The molecule has 0 aromatic carbocycles. The molecule has 0 unspecified atom stereocenters. The van der Waals surface area contributed by atoms with E-state index in [1.807, 2.05) is 0 Å². The number of nitrogens with zero attached hydrogens (tertiary/aromatic N) is 3. The molecule has 1 heterocycles. The molecule has 0 amide bonds. The molecule has 1 N–H and O–H groups in total. The Kier molecular flexibility index (Phi) is 3.64. The van der Waals surface area contributed by atoms with Gasteiger partial charge in [0.1, 0.15) is 5.69 Å². The largest absolute Gasteiger partial charge is 0.442 e. The maximum atomic E-state index is 11.5. The van der Waals surface area contributed by atoms with E-state index in [2.05, 4.69) is 10.3 Å². The molecule has 0 radical (unpaired) electrons. The van der Waals surface area contributed by atoms with Crippen molar-refractivity contribution < 1.29 is 14.6 Å². The van der Waals surface area contributed by atoms with E-state index in [4.69, 9.17) is 9.84 Å². The van der Waals surface area contributed by atoms with E-state index in [-0.39, 0.29) is 19.3 Å². The number of hydrogen-bond acceptors (Lipinski definition) is 5. The Bertz CT molecular complexity index is 379. The van der Waals surface area contributed by atoms with Crippen molar-refractivity contribution in [2.75, 3.05) is 0 Å². The van der Waals surface area contributed by atoms with Crippen molar-refractivity contribution in [3.63, 3.8) is 0 Å². The summed E-state index contributed by atoms with van der Waals surface area (Å²) in [6.45, 7) is 6.96. The molecule has 1 aromatic heterocycles. The van der Waals surface area contributed by atoms with Crippen LogP contribution in [-0.4, -0.2) is 26.1 Å². The molecule has 0 atom stereocenters. The molecule has 6 nitrogen and oxygen atoms in total. The molecule has 0 spiro atoms. The van der Waals surface area contributed by atoms with Crippen LogP contribution in [0.2, 0.25) is 0 Å². The highest BCUT2D eigenvalue weighted by Gasteiger charge is 2.23. The summed E-state index contributed by atoms with van der Waals surface area (Å²) in [5.74, 6) is -0.298. The van der Waals surface area contributed by atoms with E-state index in [0.717, 1.165) is 0 Å². The van der Waals surface area contributed by atoms with Crippen molar-refractivity contribution in [2.24, 2.45) is 5.41 Å². The van der Waals surface area contributed by atoms with Gasteiger partial charge in [-0.05, 0) is 27.7 Å². The summed E-state index contributed by atoms with van der Waals surface area (Å²) in [5, 5.41) is 16.4. The van der Waals surface area contributed by atoms with Crippen LogP contribution >= 0.6 is 0 Å². The van der Waals surface area contributed by atoms with E-state index in [0.29, 0.717) is 11.4 Å². The lowest BCUT2D eigenvalue weighted by Gasteiger charge is -2.16. The first-order valence-electron chi connectivity index (χ1n) is 5.03. The fraction of sp³-hybridized carbons (Fsp3) is 0.700. The summed E-state index contributed by atoms with van der Waals surface area (Å²) in [6.07, 6.45) is 0. The minimum atomic E-state index is -0.533. The van der Waals surface area contributed by atoms with Gasteiger partial charge in [0.25, 0.3) is 0 Å². The van der Waals surface area contributed by atoms with Gasteiger partial charge in [-0.3, -0.25) is 4.79 Å². The van der Waals surface area contributed by atoms with Crippen LogP contribution in [0.5, 0.6) is 0 Å². The van der Waals surface area contributed by atoms with Gasteiger partial charge in [0, 0.05) is 0 Å². The summed E-state index contributed by atoms with van der Waals surface area (Å²) in [4.78, 5) is 11.5. The third-order valence-corrected chi connectivity index (χ3v) is 2.16. The van der Waals surface area contributed by atoms with Crippen LogP contribution in [0.4, 0.5) is 0 Å². The van der Waals surface area contributed by atoms with Crippen molar-refractivity contribution in [2.45, 2.75) is 41.0 Å². The highest BCUT2D eigenvalue weighted by molar-refractivity contribution is 5.75. The average Bonchev–Trinajstić information content (AvgIpc) is 2.54. The van der Waals surface area contributed by atoms with Crippen molar-refractivity contribution in [3.8, 4) is 0 Å². The third kappa shape index (κ3) is 2.79. The maximum absolute atomic E-state index is 11.5. The molecule has 0 saturated carbocycles. The average molecular weight is 227 g/mol. The van der Waals surface area contributed by atoms with E-state index < -0.39 is 5.41 Å². The van der Waals surface area contributed by atoms with Crippen LogP contribution in [0.3, 0.4) is 0 Å². The minimum absolute atomic E-state index is 0.0228. The van der Waals surface area contributed by atoms with Gasteiger partial charge in [0.15, 0.2) is 6.73 Å². The molecule has 0 aliphatic heterocycles. The smallest absolute Gasteiger partial charge is 0.313 e. The molecular formula is C10H17N3O3. The molecule has 0 bridgehead atoms. The standard InChI is InChI=1S/C10H17N3O3/c1-7-8(5-14)11-12-13(7)6-16-9(15)10(2,3)4/h14H,5-6H2,1-4H3. The predicted molar refractivity (Wildman–Crippen MR) is 56.2 cm³/mol. The van der Waals surface area contributed by atoms with Gasteiger partial charge < -0.3 is 9.84 Å². The lowest BCUT2D eigenvalue weighted by Crippen LogP contribution is -2.24. The van der Waals surface area contributed by atoms with Gasteiger partial charge in [-0.2, -0.15) is 0 Å². The van der Waals surface area contributed by atoms with E-state index in [1.165, 1.54) is 4.68 Å². The molecular weight excluding hydrogens is 210 g/mol. The van der Waals surface area contributed by atoms with E-state index >= 15 is 0 Å². The van der Waals surface area contributed by atoms with Crippen LogP contribution in [0.15, 0.2) is 0 Å². The fourth-order valence-corrected chi connectivity index (χ4v) is 1.00. The maximum Gasteiger partial charge on any atom is 0.313 e. The number of aliphatic hydroxyl groups excluding tert-OH is 1. The second kappa shape index (κ2) is 4.61. The Balaban J connectivity index is 2.62. The monoisotopic (exact) mass is 227 g/mol. The normalized spacial score (nSPS) is 11.6. The molecule has 6 heteroatoms. The number of carbonyl (C=O) groups excluding carboxylic acids is 1. The zero-order valence-electron chi connectivity index (χ0n) is 10.0. The van der Waals surface area contributed by atoms with Crippen LogP contribution in [0.1, 0.15) is 32.2 Å². The lowest BCUT2D eigenvalue weighted by molar-refractivity contribution is -0.157. The second-order valence-corrected chi connectivity index (χ2v) is 4.59. The van der Waals surface area contributed by atoms with Gasteiger partial charge in [-0.25, -0.2) is 4.68 Å². The molecule has 90 valence electrons. The van der Waals surface area contributed by atoms with E-state index in [9.17, 15) is 4.79 Å². The van der Waals surface area contributed by atoms with Gasteiger partial charge in [0.2, 0.25) is 0 Å². The summed E-state index contributed by atoms with van der Waals surface area (Å²) in [6, 6.07) is 0. The number of hydrogen-bond donors (Lipinski definition) is 1. The molecule has 1 aromatic rings. The third-order valence-electron chi connectivity index (χ3n) is 2.16. The first-order valence-corrected chi connectivity index (χ1v) is 5.03. The van der Waals surface area contributed by atoms with E-state index in [1.54, 1.807) is 27.7 Å². The molecule has 16 heavy (non-hydrogen) atoms. The van der Waals surface area contributed by atoms with Crippen LogP contribution in [0.25, 0.3) is 0 Å². The van der Waals surface area contributed by atoms with Gasteiger partial charge in [0.05, 0.1) is 17.7 Å². The summed E-state index contributed by atoms with van der Waals surface area (Å²) < 4.78 is 6.51. The Labute approximate surface area is 94.2 Å². The quantitative estimate of drug-likeness (QED) is 0.766. The number of esters is 1. The molecule has 1 rings (SSSR count).